The number of hydrogen-bond donors (Lipinski definition) is 5. The minimum absolute atomic E-state index is 0.112. The highest BCUT2D eigenvalue weighted by Crippen LogP contribution is 2.28. The van der Waals surface area contributed by atoms with Gasteiger partial charge in [-0.25, -0.2) is 10.5 Å². The number of nitrogens with zero attached hydrogens (tertiary/aromatic N) is 2. The molecule has 5 N–H and O–H groups in total. The van der Waals surface area contributed by atoms with Crippen molar-refractivity contribution in [1.82, 2.24) is 32.1 Å². The second-order valence-electron chi connectivity index (χ2n) is 8.24. The van der Waals surface area contributed by atoms with Gasteiger partial charge in [-0.3, -0.25) is 15.0 Å². The first-order valence-corrected chi connectivity index (χ1v) is 12.4. The fourth-order valence-electron chi connectivity index (χ4n) is 3.82. The van der Waals surface area contributed by atoms with E-state index >= 15 is 0 Å². The molecule has 0 radical (unpaired) electrons. The van der Waals surface area contributed by atoms with Crippen LogP contribution in [0.4, 0.5) is 0 Å². The summed E-state index contributed by atoms with van der Waals surface area (Å²) in [4.78, 5) is 29.7. The second kappa shape index (κ2) is 11.0. The average molecular weight is 500 g/mol. The van der Waals surface area contributed by atoms with E-state index in [-0.39, 0.29) is 18.2 Å². The maximum absolute atomic E-state index is 12.6. The molecule has 0 aliphatic carbocycles. The van der Waals surface area contributed by atoms with Crippen molar-refractivity contribution >= 4 is 39.2 Å². The molecule has 0 saturated carbocycles. The number of aromatic nitrogens is 1. The van der Waals surface area contributed by atoms with Crippen molar-refractivity contribution in [3.05, 3.63) is 88.9 Å². The molecule has 1 aliphatic heterocycles. The summed E-state index contributed by atoms with van der Waals surface area (Å²) in [5, 5.41) is 10.5. The monoisotopic (exact) mass is 499 g/mol. The summed E-state index contributed by atoms with van der Waals surface area (Å²) in [5.41, 5.74) is 12.6. The number of hydrazine groups is 2. The molecular formula is C26H25N7O2S. The summed E-state index contributed by atoms with van der Waals surface area (Å²) in [6.45, 7) is 0.783. The zero-order chi connectivity index (χ0) is 24.7. The molecule has 1 aliphatic rings. The van der Waals surface area contributed by atoms with Crippen LogP contribution in [-0.2, 0) is 17.8 Å². The molecule has 0 unspecified atom stereocenters. The number of rotatable bonds is 9. The third-order valence-corrected chi connectivity index (χ3v) is 6.65. The number of thiazole rings is 1. The Balaban J connectivity index is 1.14. The van der Waals surface area contributed by atoms with Gasteiger partial charge >= 0.3 is 0 Å². The van der Waals surface area contributed by atoms with Crippen molar-refractivity contribution in [3.63, 3.8) is 0 Å². The maximum Gasteiger partial charge on any atom is 0.251 e. The number of carbonyl (C=O) groups excluding carboxylic acids is 2. The molecule has 4 aromatic rings. The molecule has 182 valence electrons. The highest BCUT2D eigenvalue weighted by Gasteiger charge is 2.12. The van der Waals surface area contributed by atoms with Gasteiger partial charge in [0.05, 0.1) is 16.6 Å². The molecule has 3 aromatic carbocycles. The zero-order valence-corrected chi connectivity index (χ0v) is 20.2. The molecule has 36 heavy (non-hydrogen) atoms. The van der Waals surface area contributed by atoms with Crippen LogP contribution in [0.3, 0.4) is 0 Å². The fraction of sp³-hybridized carbons (Fsp3) is 0.154. The van der Waals surface area contributed by atoms with Gasteiger partial charge in [-0.2, -0.15) is 0 Å². The molecule has 0 bridgehead atoms. The van der Waals surface area contributed by atoms with Crippen LogP contribution < -0.4 is 27.1 Å². The Morgan fingerprint density at radius 3 is 2.64 bits per heavy atom. The number of hydrazone groups is 1. The first-order chi connectivity index (χ1) is 17.6. The van der Waals surface area contributed by atoms with Gasteiger partial charge in [0.25, 0.3) is 5.91 Å². The van der Waals surface area contributed by atoms with E-state index in [2.05, 4.69) is 61.5 Å². The van der Waals surface area contributed by atoms with Crippen molar-refractivity contribution in [2.45, 2.75) is 19.4 Å². The normalized spacial score (nSPS) is 12.5. The minimum Gasteiger partial charge on any atom is -0.352 e. The van der Waals surface area contributed by atoms with Crippen molar-refractivity contribution < 1.29 is 9.59 Å². The third-order valence-electron chi connectivity index (χ3n) is 5.63. The quantitative estimate of drug-likeness (QED) is 0.242. The highest BCUT2D eigenvalue weighted by atomic mass is 32.1. The predicted octanol–water partition coefficient (Wildman–Crippen LogP) is 2.87. The van der Waals surface area contributed by atoms with Gasteiger partial charge in [-0.15, -0.1) is 22.0 Å². The van der Waals surface area contributed by atoms with Crippen molar-refractivity contribution in [3.8, 4) is 11.1 Å². The topological polar surface area (TPSA) is 120 Å². The van der Waals surface area contributed by atoms with E-state index in [4.69, 9.17) is 0 Å². The first kappa shape index (κ1) is 23.5. The molecule has 2 heterocycles. The Hall–Kier alpha value is -4.28. The number of benzene rings is 3. The molecule has 9 nitrogen and oxygen atoms in total. The number of fused-ring (bicyclic) bond motifs is 1. The van der Waals surface area contributed by atoms with Gasteiger partial charge in [0.1, 0.15) is 10.8 Å². The third kappa shape index (κ3) is 5.85. The van der Waals surface area contributed by atoms with Crippen LogP contribution in [0.5, 0.6) is 0 Å². The Kier molecular flexibility index (Phi) is 7.15. The molecule has 0 spiro atoms. The Morgan fingerprint density at radius 2 is 1.81 bits per heavy atom. The van der Waals surface area contributed by atoms with E-state index in [0.29, 0.717) is 25.1 Å². The summed E-state index contributed by atoms with van der Waals surface area (Å²) in [6.07, 6.45) is 0.780. The smallest absolute Gasteiger partial charge is 0.251 e. The molecule has 0 saturated heterocycles. The number of amidine groups is 1. The highest BCUT2D eigenvalue weighted by molar-refractivity contribution is 7.18. The number of carbonyl (C=O) groups is 2. The second-order valence-corrected chi connectivity index (χ2v) is 9.35. The van der Waals surface area contributed by atoms with Gasteiger partial charge in [-0.05, 0) is 41.0 Å². The van der Waals surface area contributed by atoms with Gasteiger partial charge in [-0.1, -0.05) is 48.5 Å². The van der Waals surface area contributed by atoms with Crippen LogP contribution in [0.15, 0.2) is 77.9 Å². The molecule has 2 amide bonds. The largest absolute Gasteiger partial charge is 0.352 e. The zero-order valence-electron chi connectivity index (χ0n) is 19.4. The van der Waals surface area contributed by atoms with Crippen LogP contribution in [0.2, 0.25) is 0 Å². The summed E-state index contributed by atoms with van der Waals surface area (Å²) in [7, 11) is 0. The maximum atomic E-state index is 12.6. The number of amides is 2. The Morgan fingerprint density at radius 1 is 0.917 bits per heavy atom. The van der Waals surface area contributed by atoms with Crippen molar-refractivity contribution in [2.24, 2.45) is 5.10 Å². The Bertz CT molecular complexity index is 1420. The van der Waals surface area contributed by atoms with Crippen LogP contribution in [0.25, 0.3) is 21.3 Å². The molecular weight excluding hydrogens is 474 g/mol. The molecule has 0 atom stereocenters. The first-order valence-electron chi connectivity index (χ1n) is 11.6. The fourth-order valence-corrected chi connectivity index (χ4v) is 4.82. The van der Waals surface area contributed by atoms with E-state index in [1.165, 1.54) is 11.3 Å². The van der Waals surface area contributed by atoms with Gasteiger partial charge < -0.3 is 10.6 Å². The SMILES string of the molecule is O=C(Cc1nc2ccc(-c3ccccc3)cc2s1)NCc1cccc(C(=O)NCCC2=NNNN2)c1. The lowest BCUT2D eigenvalue weighted by Gasteiger charge is -2.08. The lowest BCUT2D eigenvalue weighted by Crippen LogP contribution is -2.36. The predicted molar refractivity (Wildman–Crippen MR) is 141 cm³/mol. The van der Waals surface area contributed by atoms with Crippen LogP contribution >= 0.6 is 11.3 Å². The van der Waals surface area contributed by atoms with Crippen molar-refractivity contribution in [2.75, 3.05) is 6.54 Å². The summed E-state index contributed by atoms with van der Waals surface area (Å²) >= 11 is 1.53. The summed E-state index contributed by atoms with van der Waals surface area (Å²) in [5.74, 6) is 0.433. The molecule has 0 fully saturated rings. The van der Waals surface area contributed by atoms with E-state index in [1.807, 2.05) is 36.4 Å². The summed E-state index contributed by atoms with van der Waals surface area (Å²) < 4.78 is 1.06. The molecule has 10 heteroatoms. The lowest BCUT2D eigenvalue weighted by molar-refractivity contribution is -0.120. The van der Waals surface area contributed by atoms with Gasteiger partial charge in [0.15, 0.2) is 0 Å². The van der Waals surface area contributed by atoms with Gasteiger partial charge in [0.2, 0.25) is 5.91 Å². The van der Waals surface area contributed by atoms with E-state index < -0.39 is 0 Å². The van der Waals surface area contributed by atoms with Crippen LogP contribution in [-0.4, -0.2) is 29.2 Å². The number of nitrogens with one attached hydrogen (secondary N) is 5. The standard InChI is InChI=1S/C26H25N7O2S/c34-24(15-25-29-21-10-9-19(14-22(21)36-25)18-6-2-1-3-7-18)28-16-17-5-4-8-20(13-17)26(35)27-12-11-23-30-32-33-31-23/h1-10,13-14,32-33H,11-12,15-16H2,(H,27,35)(H,28,34)(H,30,31). The number of hydrogen-bond acceptors (Lipinski definition) is 8. The Labute approximate surface area is 212 Å². The summed E-state index contributed by atoms with van der Waals surface area (Å²) in [6, 6.07) is 23.6. The van der Waals surface area contributed by atoms with Crippen LogP contribution in [0, 0.1) is 0 Å². The molecule has 5 rings (SSSR count). The van der Waals surface area contributed by atoms with Crippen LogP contribution in [0.1, 0.15) is 27.3 Å². The van der Waals surface area contributed by atoms with Crippen molar-refractivity contribution in [1.29, 1.82) is 0 Å². The minimum atomic E-state index is -0.174. The van der Waals surface area contributed by atoms with E-state index in [0.717, 1.165) is 37.8 Å². The van der Waals surface area contributed by atoms with E-state index in [1.54, 1.807) is 12.1 Å². The lowest BCUT2D eigenvalue weighted by atomic mass is 10.1. The average Bonchev–Trinajstić information content (AvgIpc) is 3.57. The van der Waals surface area contributed by atoms with E-state index in [9.17, 15) is 9.59 Å². The molecule has 1 aromatic heterocycles. The van der Waals surface area contributed by atoms with Gasteiger partial charge in [0, 0.05) is 25.1 Å².